The summed E-state index contributed by atoms with van der Waals surface area (Å²) in [5.41, 5.74) is -1.64. The maximum Gasteiger partial charge on any atom is 0.319 e. The summed E-state index contributed by atoms with van der Waals surface area (Å²) in [5.74, 6) is -4.57. The van der Waals surface area contributed by atoms with Crippen molar-refractivity contribution in [2.24, 2.45) is 17.3 Å². The molecule has 13 nitrogen and oxygen atoms in total. The predicted octanol–water partition coefficient (Wildman–Crippen LogP) is 4.11. The van der Waals surface area contributed by atoms with Crippen LogP contribution in [0.25, 0.3) is 0 Å². The van der Waals surface area contributed by atoms with Gasteiger partial charge in [0.1, 0.15) is 45.5 Å². The predicted molar refractivity (Wildman–Crippen MR) is 188 cm³/mol. The summed E-state index contributed by atoms with van der Waals surface area (Å²) in [5, 5.41) is 0. The van der Waals surface area contributed by atoms with Gasteiger partial charge in [0.05, 0.1) is 42.0 Å². The van der Waals surface area contributed by atoms with Crippen LogP contribution in [0.4, 0.5) is 0 Å². The van der Waals surface area contributed by atoms with Crippen molar-refractivity contribution >= 4 is 105 Å². The van der Waals surface area contributed by atoms with Crippen molar-refractivity contribution in [2.75, 3.05) is 33.0 Å². The van der Waals surface area contributed by atoms with Crippen LogP contribution < -0.4 is 0 Å². The molecule has 0 saturated carbocycles. The second-order valence-corrected chi connectivity index (χ2v) is 16.8. The lowest BCUT2D eigenvalue weighted by Gasteiger charge is -2.28. The first-order chi connectivity index (χ1) is 23.1. The number of esters is 4. The number of ketones is 1. The van der Waals surface area contributed by atoms with E-state index in [-0.39, 0.29) is 42.2 Å². The van der Waals surface area contributed by atoms with Crippen LogP contribution >= 0.6 is 63.7 Å². The molecular weight excluding hydrogens is 910 g/mol. The van der Waals surface area contributed by atoms with Gasteiger partial charge in [0.25, 0.3) is 0 Å². The smallest absolute Gasteiger partial charge is 0.319 e. The molecule has 0 N–H and O–H groups in total. The Balaban J connectivity index is 1.56. The molecule has 8 unspecified atom stereocenters. The molecule has 2 fully saturated rings. The summed E-state index contributed by atoms with van der Waals surface area (Å²) < 4.78 is 27.0. The number of fused-ring (bicyclic) bond motifs is 5. The number of carbonyl (C=O) groups excluding carboxylic acids is 7. The molecule has 274 valence electrons. The fraction of sp³-hybridized carbons (Fsp3) is 0.719. The first kappa shape index (κ1) is 41.7. The van der Waals surface area contributed by atoms with E-state index in [0.717, 1.165) is 4.90 Å². The Morgan fingerprint density at radius 1 is 0.755 bits per heavy atom. The van der Waals surface area contributed by atoms with Gasteiger partial charge in [-0.05, 0) is 46.5 Å². The van der Waals surface area contributed by atoms with Gasteiger partial charge >= 0.3 is 23.9 Å². The number of hydrogen-bond donors (Lipinski definition) is 0. The van der Waals surface area contributed by atoms with E-state index in [0.29, 0.717) is 38.5 Å². The molecule has 3 heterocycles. The number of likely N-dealkylation sites (tertiary alicyclic amines) is 1. The highest BCUT2D eigenvalue weighted by molar-refractivity contribution is 9.10. The molecule has 0 spiro atoms. The number of Topliss-reactive ketones (excluding diaryl/α,β-unsaturated/α-hetero) is 1. The Bertz CT molecular complexity index is 1270. The van der Waals surface area contributed by atoms with Gasteiger partial charge in [-0.25, -0.2) is 0 Å². The number of hydrogen-bond acceptors (Lipinski definition) is 12. The third-order valence-electron chi connectivity index (χ3n) is 8.43. The largest absolute Gasteiger partial charge is 0.465 e. The van der Waals surface area contributed by atoms with Crippen LogP contribution in [0.3, 0.4) is 0 Å². The van der Waals surface area contributed by atoms with Crippen molar-refractivity contribution in [3.05, 3.63) is 12.2 Å². The second-order valence-electron chi connectivity index (χ2n) is 12.3. The van der Waals surface area contributed by atoms with Crippen LogP contribution in [0.15, 0.2) is 12.2 Å². The summed E-state index contributed by atoms with van der Waals surface area (Å²) >= 11 is 13.2. The van der Waals surface area contributed by atoms with E-state index in [1.165, 1.54) is 13.8 Å². The summed E-state index contributed by atoms with van der Waals surface area (Å²) in [4.78, 5) is 87.0. The van der Waals surface area contributed by atoms with Crippen LogP contribution in [0.1, 0.15) is 59.3 Å². The molecular formula is C32H41Br4NO12. The Morgan fingerprint density at radius 3 is 1.61 bits per heavy atom. The van der Waals surface area contributed by atoms with Gasteiger partial charge in [-0.3, -0.25) is 38.5 Å². The summed E-state index contributed by atoms with van der Waals surface area (Å²) in [7, 11) is 0. The zero-order chi connectivity index (χ0) is 36.5. The van der Waals surface area contributed by atoms with E-state index >= 15 is 0 Å². The van der Waals surface area contributed by atoms with Crippen molar-refractivity contribution in [3.8, 4) is 0 Å². The van der Waals surface area contributed by atoms with Gasteiger partial charge in [0.15, 0.2) is 0 Å². The molecule has 0 aromatic rings. The molecule has 0 aliphatic carbocycles. The number of halogens is 4. The lowest BCUT2D eigenvalue weighted by molar-refractivity contribution is -0.171. The molecule has 49 heavy (non-hydrogen) atoms. The van der Waals surface area contributed by atoms with Gasteiger partial charge in [0, 0.05) is 0 Å². The van der Waals surface area contributed by atoms with Crippen molar-refractivity contribution < 1.29 is 57.2 Å². The lowest BCUT2D eigenvalue weighted by atomic mass is 9.85. The fourth-order valence-electron chi connectivity index (χ4n) is 5.53. The van der Waals surface area contributed by atoms with Crippen LogP contribution in [0.2, 0.25) is 0 Å². The maximum absolute atomic E-state index is 13.4. The Labute approximate surface area is 318 Å². The van der Waals surface area contributed by atoms with Crippen molar-refractivity contribution in [3.63, 3.8) is 0 Å². The van der Waals surface area contributed by atoms with Gasteiger partial charge in [-0.2, -0.15) is 0 Å². The van der Waals surface area contributed by atoms with Gasteiger partial charge < -0.3 is 23.7 Å². The van der Waals surface area contributed by atoms with Crippen molar-refractivity contribution in [1.82, 2.24) is 4.90 Å². The fourth-order valence-corrected chi connectivity index (χ4v) is 7.22. The van der Waals surface area contributed by atoms with Crippen LogP contribution in [0.5, 0.6) is 0 Å². The third-order valence-corrected chi connectivity index (χ3v) is 12.0. The molecule has 3 rings (SSSR count). The number of imide groups is 1. The SMILES string of the molecule is CCOC(=O)C(Br)CCCC(Br)C(=O)OCC(C)(COC(=O)C(Br)CCCC(Br)C(C)=O)C(=O)OCCN1C(=O)C2C3C=CC(O3)[C@H]2C1=O. The van der Waals surface area contributed by atoms with E-state index in [1.54, 1.807) is 19.1 Å². The highest BCUT2D eigenvalue weighted by Crippen LogP contribution is 2.45. The average Bonchev–Trinajstić information content (AvgIpc) is 3.75. The van der Waals surface area contributed by atoms with Gasteiger partial charge in [0.2, 0.25) is 11.8 Å². The van der Waals surface area contributed by atoms with Crippen LogP contribution in [-0.4, -0.2) is 111 Å². The molecule has 0 aromatic carbocycles. The first-order valence-corrected chi connectivity index (χ1v) is 19.7. The number of rotatable bonds is 21. The van der Waals surface area contributed by atoms with Crippen molar-refractivity contribution in [1.29, 1.82) is 0 Å². The number of nitrogens with zero attached hydrogens (tertiary/aromatic N) is 1. The number of amides is 2. The third kappa shape index (κ3) is 11.1. The highest BCUT2D eigenvalue weighted by Gasteiger charge is 2.60. The Morgan fingerprint density at radius 2 is 1.18 bits per heavy atom. The molecule has 2 amide bonds. The standard InChI is InChI=1S/C32H41Br4NO12/c1-4-45-28(41)19(34)9-6-10-21(36)30(43)48-16-32(3,15-47-29(42)20(35)8-5-7-18(33)17(2)38)31(44)46-14-13-37-26(39)24-22-11-12-23(49-22)25(24)27(37)40/h11-12,18-25H,4-10,13-16H2,1-3H3/t18?,19?,20?,21?,22?,23?,24-,25?,32?/m1/s1. The summed E-state index contributed by atoms with van der Waals surface area (Å²) in [6.45, 7) is 3.35. The molecule has 2 bridgehead atoms. The van der Waals surface area contributed by atoms with E-state index in [1.807, 2.05) is 0 Å². The minimum absolute atomic E-state index is 0.0216. The highest BCUT2D eigenvalue weighted by atomic mass is 79.9. The average molecular weight is 951 g/mol. The first-order valence-electron chi connectivity index (χ1n) is 16.0. The molecule has 17 heteroatoms. The van der Waals surface area contributed by atoms with Crippen LogP contribution in [-0.2, 0) is 57.2 Å². The number of alkyl halides is 4. The number of ether oxygens (including phenoxy) is 5. The Hall–Kier alpha value is -1.69. The van der Waals surface area contributed by atoms with E-state index in [2.05, 4.69) is 63.7 Å². The zero-order valence-electron chi connectivity index (χ0n) is 27.4. The van der Waals surface area contributed by atoms with E-state index in [9.17, 15) is 33.6 Å². The molecule has 3 aliphatic heterocycles. The lowest BCUT2D eigenvalue weighted by Crippen LogP contribution is -2.43. The van der Waals surface area contributed by atoms with Gasteiger partial charge in [-0.1, -0.05) is 88.7 Å². The number of carbonyl (C=O) groups is 7. The molecule has 9 atom stereocenters. The topological polar surface area (TPSA) is 169 Å². The second kappa shape index (κ2) is 19.2. The quantitative estimate of drug-likeness (QED) is 0.0532. The van der Waals surface area contributed by atoms with E-state index < -0.39 is 81.0 Å². The molecule has 0 radical (unpaired) electrons. The molecule has 0 aromatic heterocycles. The van der Waals surface area contributed by atoms with Gasteiger partial charge in [-0.15, -0.1) is 0 Å². The van der Waals surface area contributed by atoms with Crippen molar-refractivity contribution in [2.45, 2.75) is 90.8 Å². The van der Waals surface area contributed by atoms with Crippen LogP contribution in [0, 0.1) is 17.3 Å². The monoisotopic (exact) mass is 947 g/mol. The summed E-state index contributed by atoms with van der Waals surface area (Å²) in [6, 6.07) is 0. The maximum atomic E-state index is 13.4. The normalized spacial score (nSPS) is 24.4. The molecule has 2 saturated heterocycles. The summed E-state index contributed by atoms with van der Waals surface area (Å²) in [6.07, 6.45) is 5.29. The van der Waals surface area contributed by atoms with E-state index in [4.69, 9.17) is 23.7 Å². The zero-order valence-corrected chi connectivity index (χ0v) is 33.8. The minimum Gasteiger partial charge on any atom is -0.465 e. The Kier molecular flexibility index (Phi) is 16.4. The minimum atomic E-state index is -1.64. The molecule has 3 aliphatic rings.